The molecule has 2 saturated heterocycles. The molecule has 0 saturated carbocycles. The maximum atomic E-state index is 9.54. The molecule has 5 rings (SSSR count). The van der Waals surface area contributed by atoms with E-state index < -0.39 is 0 Å². The molecule has 7 heteroatoms. The Morgan fingerprint density at radius 1 is 1.19 bits per heavy atom. The number of nitriles is 1. The third-order valence-corrected chi connectivity index (χ3v) is 6.58. The van der Waals surface area contributed by atoms with Crippen molar-refractivity contribution in [3.8, 4) is 23.1 Å². The van der Waals surface area contributed by atoms with Gasteiger partial charge in [0.2, 0.25) is 5.82 Å². The fraction of sp³-hybridized carbons (Fsp3) is 0.480. The van der Waals surface area contributed by atoms with Gasteiger partial charge in [0.15, 0.2) is 0 Å². The third kappa shape index (κ3) is 4.34. The molecule has 2 aromatic heterocycles. The minimum absolute atomic E-state index is 0.194. The van der Waals surface area contributed by atoms with Crippen LogP contribution in [0.4, 0.5) is 0 Å². The molecule has 1 aromatic carbocycles. The predicted molar refractivity (Wildman–Crippen MR) is 122 cm³/mol. The van der Waals surface area contributed by atoms with Gasteiger partial charge in [-0.05, 0) is 75.0 Å². The number of benzene rings is 1. The maximum absolute atomic E-state index is 9.54. The highest BCUT2D eigenvalue weighted by Gasteiger charge is 2.20. The van der Waals surface area contributed by atoms with Gasteiger partial charge in [0, 0.05) is 36.2 Å². The summed E-state index contributed by atoms with van der Waals surface area (Å²) >= 11 is 0. The van der Waals surface area contributed by atoms with Crippen LogP contribution < -0.4 is 10.1 Å². The van der Waals surface area contributed by atoms with Gasteiger partial charge in [-0.1, -0.05) is 0 Å². The molecule has 0 aliphatic carbocycles. The van der Waals surface area contributed by atoms with Crippen molar-refractivity contribution in [3.63, 3.8) is 0 Å². The van der Waals surface area contributed by atoms with Crippen LogP contribution in [-0.4, -0.2) is 47.4 Å². The Morgan fingerprint density at radius 2 is 2.06 bits per heavy atom. The fourth-order valence-corrected chi connectivity index (χ4v) is 4.70. The van der Waals surface area contributed by atoms with Crippen molar-refractivity contribution in [1.29, 1.82) is 5.26 Å². The van der Waals surface area contributed by atoms with Crippen LogP contribution in [-0.2, 0) is 11.3 Å². The van der Waals surface area contributed by atoms with Gasteiger partial charge in [0.25, 0.3) is 0 Å². The van der Waals surface area contributed by atoms with E-state index in [0.717, 1.165) is 92.3 Å². The first kappa shape index (κ1) is 20.9. The number of fused-ring (bicyclic) bond motifs is 1. The summed E-state index contributed by atoms with van der Waals surface area (Å²) in [6, 6.07) is 10.4. The van der Waals surface area contributed by atoms with Crippen LogP contribution in [0.1, 0.15) is 30.7 Å². The molecule has 2 aliphatic heterocycles. The lowest BCUT2D eigenvalue weighted by molar-refractivity contribution is 0.182. The molecule has 7 nitrogen and oxygen atoms in total. The van der Waals surface area contributed by atoms with Crippen LogP contribution in [0.25, 0.3) is 22.3 Å². The van der Waals surface area contributed by atoms with Crippen molar-refractivity contribution in [2.75, 3.05) is 32.9 Å². The number of aryl methyl sites for hydroxylation is 1. The highest BCUT2D eigenvalue weighted by Crippen LogP contribution is 2.31. The molecule has 3 aromatic rings. The number of hydrogen-bond donors (Lipinski definition) is 1. The van der Waals surface area contributed by atoms with E-state index in [1.54, 1.807) is 0 Å². The van der Waals surface area contributed by atoms with Crippen molar-refractivity contribution in [2.45, 2.75) is 32.7 Å². The lowest BCUT2D eigenvalue weighted by atomic mass is 9.99. The normalized spacial score (nSPS) is 19.3. The van der Waals surface area contributed by atoms with Gasteiger partial charge in [-0.15, -0.1) is 0 Å². The smallest absolute Gasteiger partial charge is 0.234 e. The number of hydrogen-bond acceptors (Lipinski definition) is 6. The molecule has 166 valence electrons. The predicted octanol–water partition coefficient (Wildman–Crippen LogP) is 3.69. The van der Waals surface area contributed by atoms with Crippen molar-refractivity contribution in [1.82, 2.24) is 19.9 Å². The van der Waals surface area contributed by atoms with E-state index in [1.807, 2.05) is 18.3 Å². The summed E-state index contributed by atoms with van der Waals surface area (Å²) in [6.45, 7) is 7.41. The average molecular weight is 432 g/mol. The minimum Gasteiger partial charge on any atom is -0.493 e. The van der Waals surface area contributed by atoms with Gasteiger partial charge < -0.3 is 19.4 Å². The molecule has 2 aliphatic rings. The summed E-state index contributed by atoms with van der Waals surface area (Å²) in [4.78, 5) is 9.09. The number of rotatable bonds is 6. The SMILES string of the molecule is Cc1cc(-c2nc(C#N)nc3c2ccn3CC2CCOC2)ccc1OCC1CCNCC1. The highest BCUT2D eigenvalue weighted by atomic mass is 16.5. The van der Waals surface area contributed by atoms with E-state index in [4.69, 9.17) is 9.47 Å². The number of aromatic nitrogens is 3. The minimum atomic E-state index is 0.194. The standard InChI is InChI=1S/C25H29N5O2/c1-17-12-20(2-3-22(17)32-16-18-4-8-27-9-5-18)24-21-6-10-30(14-19-7-11-31-15-19)25(21)29-23(13-26)28-24/h2-3,6,10,12,18-19,27H,4-5,7-9,11,14-16H2,1H3. The Balaban J connectivity index is 1.42. The molecule has 1 unspecified atom stereocenters. The Hall–Kier alpha value is -2.95. The van der Waals surface area contributed by atoms with Gasteiger partial charge >= 0.3 is 0 Å². The van der Waals surface area contributed by atoms with E-state index in [0.29, 0.717) is 11.8 Å². The van der Waals surface area contributed by atoms with Crippen LogP contribution in [0.2, 0.25) is 0 Å². The van der Waals surface area contributed by atoms with Gasteiger partial charge in [-0.25, -0.2) is 9.97 Å². The second-order valence-corrected chi connectivity index (χ2v) is 8.93. The molecule has 0 radical (unpaired) electrons. The number of nitrogens with one attached hydrogen (secondary N) is 1. The van der Waals surface area contributed by atoms with Crippen LogP contribution in [0.3, 0.4) is 0 Å². The second-order valence-electron chi connectivity index (χ2n) is 8.93. The third-order valence-electron chi connectivity index (χ3n) is 6.58. The van der Waals surface area contributed by atoms with Crippen LogP contribution >= 0.6 is 0 Å². The first-order valence-corrected chi connectivity index (χ1v) is 11.5. The van der Waals surface area contributed by atoms with Gasteiger partial charge in [0.05, 0.1) is 18.9 Å². The van der Waals surface area contributed by atoms with Crippen LogP contribution in [0.5, 0.6) is 5.75 Å². The largest absolute Gasteiger partial charge is 0.493 e. The summed E-state index contributed by atoms with van der Waals surface area (Å²) in [7, 11) is 0. The molecule has 0 bridgehead atoms. The Morgan fingerprint density at radius 3 is 2.81 bits per heavy atom. The molecule has 0 amide bonds. The lowest BCUT2D eigenvalue weighted by Gasteiger charge is -2.23. The number of ether oxygens (including phenoxy) is 2. The molecule has 1 atom stereocenters. The quantitative estimate of drug-likeness (QED) is 0.641. The van der Waals surface area contributed by atoms with Gasteiger partial charge in [0.1, 0.15) is 17.5 Å². The zero-order chi connectivity index (χ0) is 21.9. The topological polar surface area (TPSA) is 85.0 Å². The zero-order valence-electron chi connectivity index (χ0n) is 18.5. The lowest BCUT2D eigenvalue weighted by Crippen LogP contribution is -2.30. The van der Waals surface area contributed by atoms with Gasteiger partial charge in [-0.3, -0.25) is 0 Å². The van der Waals surface area contributed by atoms with Crippen molar-refractivity contribution < 1.29 is 9.47 Å². The summed E-state index contributed by atoms with van der Waals surface area (Å²) in [6.07, 6.45) is 5.43. The Labute approximate surface area is 188 Å². The Bertz CT molecular complexity index is 1140. The van der Waals surface area contributed by atoms with Crippen LogP contribution in [0, 0.1) is 30.1 Å². The van der Waals surface area contributed by atoms with E-state index >= 15 is 0 Å². The fourth-order valence-electron chi connectivity index (χ4n) is 4.70. The molecular weight excluding hydrogens is 402 g/mol. The average Bonchev–Trinajstić information content (AvgIpc) is 3.49. The summed E-state index contributed by atoms with van der Waals surface area (Å²) in [5.41, 5.74) is 3.65. The van der Waals surface area contributed by atoms with E-state index in [2.05, 4.69) is 45.0 Å². The molecule has 32 heavy (non-hydrogen) atoms. The maximum Gasteiger partial charge on any atom is 0.234 e. The van der Waals surface area contributed by atoms with Gasteiger partial charge in [-0.2, -0.15) is 5.26 Å². The van der Waals surface area contributed by atoms with E-state index in [-0.39, 0.29) is 5.82 Å². The second kappa shape index (κ2) is 9.27. The first-order chi connectivity index (χ1) is 15.7. The molecule has 2 fully saturated rings. The monoisotopic (exact) mass is 431 g/mol. The van der Waals surface area contributed by atoms with E-state index in [9.17, 15) is 5.26 Å². The zero-order valence-corrected chi connectivity index (χ0v) is 18.5. The van der Waals surface area contributed by atoms with E-state index in [1.165, 1.54) is 0 Å². The summed E-state index contributed by atoms with van der Waals surface area (Å²) in [5.74, 6) is 2.20. The number of piperidine rings is 1. The summed E-state index contributed by atoms with van der Waals surface area (Å²) < 4.78 is 13.8. The highest BCUT2D eigenvalue weighted by molar-refractivity contribution is 5.91. The molecule has 4 heterocycles. The van der Waals surface area contributed by atoms with Crippen molar-refractivity contribution >= 4 is 11.0 Å². The molecule has 0 spiro atoms. The summed E-state index contributed by atoms with van der Waals surface area (Å²) in [5, 5.41) is 13.9. The van der Waals surface area contributed by atoms with Crippen molar-refractivity contribution in [2.24, 2.45) is 11.8 Å². The Kier molecular flexibility index (Phi) is 6.06. The molecular formula is C25H29N5O2. The first-order valence-electron chi connectivity index (χ1n) is 11.5. The number of nitrogens with zero attached hydrogens (tertiary/aromatic N) is 4. The van der Waals surface area contributed by atoms with Crippen LogP contribution in [0.15, 0.2) is 30.5 Å². The molecule has 1 N–H and O–H groups in total. The van der Waals surface area contributed by atoms with Crippen molar-refractivity contribution in [3.05, 3.63) is 41.9 Å².